The number of halogens is 2. The van der Waals surface area contributed by atoms with Gasteiger partial charge in [0.1, 0.15) is 17.3 Å². The van der Waals surface area contributed by atoms with Crippen LogP contribution in [0.4, 0.5) is 14.6 Å². The standard InChI is InChI=1S/C25H25F2N3O4/c1-4-5-10-34-20-9-6-15(11-21(20)33-3)24(32)17-13-22(31)28-25-23(17)14(2)29-30(25)19-8-7-16(26)12-18(19)27/h6-9,11-12,17H,4-5,10,13H2,1-3H3,(H,28,31)/t17-/m0/s1. The molecule has 1 atom stereocenters. The first-order valence-corrected chi connectivity index (χ1v) is 11.0. The average Bonchev–Trinajstić information content (AvgIpc) is 3.14. The van der Waals surface area contributed by atoms with Crippen LogP contribution >= 0.6 is 0 Å². The minimum absolute atomic E-state index is 0.0330. The van der Waals surface area contributed by atoms with Crippen LogP contribution in [-0.2, 0) is 4.79 Å². The Morgan fingerprint density at radius 1 is 1.21 bits per heavy atom. The van der Waals surface area contributed by atoms with Crippen molar-refractivity contribution in [1.29, 1.82) is 0 Å². The normalized spacial score (nSPS) is 15.0. The van der Waals surface area contributed by atoms with Crippen LogP contribution in [0.3, 0.4) is 0 Å². The van der Waals surface area contributed by atoms with Crippen molar-refractivity contribution in [1.82, 2.24) is 9.78 Å². The van der Waals surface area contributed by atoms with Crippen LogP contribution in [0, 0.1) is 18.6 Å². The maximum Gasteiger partial charge on any atom is 0.226 e. The van der Waals surface area contributed by atoms with Crippen LogP contribution in [0.2, 0.25) is 0 Å². The molecule has 0 unspecified atom stereocenters. The van der Waals surface area contributed by atoms with Gasteiger partial charge in [0.05, 0.1) is 25.3 Å². The molecule has 1 N–H and O–H groups in total. The van der Waals surface area contributed by atoms with Crippen molar-refractivity contribution < 1.29 is 27.8 Å². The molecule has 0 bridgehead atoms. The van der Waals surface area contributed by atoms with Crippen LogP contribution in [0.25, 0.3) is 5.69 Å². The lowest BCUT2D eigenvalue weighted by atomic mass is 9.85. The number of Topliss-reactive ketones (excluding diaryl/α,β-unsaturated/α-hetero) is 1. The average molecular weight is 469 g/mol. The molecule has 178 valence electrons. The van der Waals surface area contributed by atoms with Crippen molar-refractivity contribution >= 4 is 17.5 Å². The number of nitrogens with zero attached hydrogens (tertiary/aromatic N) is 2. The molecule has 1 aliphatic rings. The summed E-state index contributed by atoms with van der Waals surface area (Å²) in [4.78, 5) is 26.0. The fourth-order valence-electron chi connectivity index (χ4n) is 4.07. The number of rotatable bonds is 8. The Morgan fingerprint density at radius 3 is 2.71 bits per heavy atom. The Labute approximate surface area is 195 Å². The second-order valence-electron chi connectivity index (χ2n) is 8.09. The quantitative estimate of drug-likeness (QED) is 0.373. The SMILES string of the molecule is CCCCOc1ccc(C(=O)[C@H]2CC(=O)Nc3c2c(C)nn3-c2ccc(F)cc2F)cc1OC. The van der Waals surface area contributed by atoms with Gasteiger partial charge in [-0.05, 0) is 43.7 Å². The summed E-state index contributed by atoms with van der Waals surface area (Å²) in [6.45, 7) is 4.27. The van der Waals surface area contributed by atoms with Crippen molar-refractivity contribution in [2.45, 2.75) is 39.0 Å². The summed E-state index contributed by atoms with van der Waals surface area (Å²) >= 11 is 0. The van der Waals surface area contributed by atoms with E-state index < -0.39 is 23.5 Å². The highest BCUT2D eigenvalue weighted by atomic mass is 19.1. The zero-order valence-corrected chi connectivity index (χ0v) is 19.2. The zero-order chi connectivity index (χ0) is 24.4. The van der Waals surface area contributed by atoms with Gasteiger partial charge >= 0.3 is 0 Å². The van der Waals surface area contributed by atoms with Crippen molar-refractivity contribution in [3.63, 3.8) is 0 Å². The van der Waals surface area contributed by atoms with Crippen molar-refractivity contribution in [2.75, 3.05) is 19.0 Å². The maximum absolute atomic E-state index is 14.5. The summed E-state index contributed by atoms with van der Waals surface area (Å²) in [7, 11) is 1.49. The summed E-state index contributed by atoms with van der Waals surface area (Å²) in [5.74, 6) is -1.93. The van der Waals surface area contributed by atoms with Gasteiger partial charge in [-0.25, -0.2) is 13.5 Å². The highest BCUT2D eigenvalue weighted by Crippen LogP contribution is 2.39. The van der Waals surface area contributed by atoms with Gasteiger partial charge in [-0.3, -0.25) is 9.59 Å². The number of aromatic nitrogens is 2. The molecule has 4 rings (SSSR count). The molecule has 1 aliphatic heterocycles. The highest BCUT2D eigenvalue weighted by Gasteiger charge is 2.37. The number of methoxy groups -OCH3 is 1. The topological polar surface area (TPSA) is 82.5 Å². The van der Waals surface area contributed by atoms with Gasteiger partial charge in [-0.1, -0.05) is 13.3 Å². The Balaban J connectivity index is 1.71. The number of ketones is 1. The zero-order valence-electron chi connectivity index (χ0n) is 19.2. The van der Waals surface area contributed by atoms with E-state index in [2.05, 4.69) is 17.3 Å². The predicted molar refractivity (Wildman–Crippen MR) is 122 cm³/mol. The molecule has 7 nitrogen and oxygen atoms in total. The second kappa shape index (κ2) is 9.62. The number of ether oxygens (including phenoxy) is 2. The van der Waals surface area contributed by atoms with Gasteiger partial charge in [0.15, 0.2) is 23.1 Å². The summed E-state index contributed by atoms with van der Waals surface area (Å²) in [6, 6.07) is 7.98. The van der Waals surface area contributed by atoms with Gasteiger partial charge < -0.3 is 14.8 Å². The van der Waals surface area contributed by atoms with Crippen LogP contribution in [0.15, 0.2) is 36.4 Å². The van der Waals surface area contributed by atoms with Gasteiger partial charge in [-0.15, -0.1) is 0 Å². The number of fused-ring (bicyclic) bond motifs is 1. The van der Waals surface area contributed by atoms with E-state index in [1.165, 1.54) is 17.9 Å². The molecule has 1 amide bonds. The third-order valence-electron chi connectivity index (χ3n) is 5.76. The van der Waals surface area contributed by atoms with E-state index in [1.807, 2.05) is 0 Å². The molecule has 0 aliphatic carbocycles. The Morgan fingerprint density at radius 2 is 2.00 bits per heavy atom. The van der Waals surface area contributed by atoms with Crippen LogP contribution in [0.5, 0.6) is 11.5 Å². The van der Waals surface area contributed by atoms with E-state index in [-0.39, 0.29) is 23.7 Å². The minimum Gasteiger partial charge on any atom is -0.493 e. The summed E-state index contributed by atoms with van der Waals surface area (Å²) in [5.41, 5.74) is 1.28. The van der Waals surface area contributed by atoms with Crippen LogP contribution in [-0.4, -0.2) is 35.2 Å². The molecule has 0 radical (unpaired) electrons. The minimum atomic E-state index is -0.837. The number of anilines is 1. The number of hydrogen-bond acceptors (Lipinski definition) is 5. The van der Waals surface area contributed by atoms with Crippen molar-refractivity contribution in [3.8, 4) is 17.2 Å². The molecule has 34 heavy (non-hydrogen) atoms. The van der Waals surface area contributed by atoms with Gasteiger partial charge in [0.2, 0.25) is 5.91 Å². The van der Waals surface area contributed by atoms with Crippen molar-refractivity contribution in [3.05, 3.63) is 64.9 Å². The molecule has 0 fully saturated rings. The van der Waals surface area contributed by atoms with Crippen molar-refractivity contribution in [2.24, 2.45) is 0 Å². The third-order valence-corrected chi connectivity index (χ3v) is 5.76. The molecule has 1 aromatic heterocycles. The maximum atomic E-state index is 14.5. The Kier molecular flexibility index (Phi) is 6.63. The van der Waals surface area contributed by atoms with E-state index in [4.69, 9.17) is 9.47 Å². The number of aryl methyl sites for hydroxylation is 1. The Bertz CT molecular complexity index is 1260. The summed E-state index contributed by atoms with van der Waals surface area (Å²) < 4.78 is 40.2. The lowest BCUT2D eigenvalue weighted by Crippen LogP contribution is -2.28. The van der Waals surface area contributed by atoms with Gasteiger partial charge in [-0.2, -0.15) is 5.10 Å². The number of hydrogen-bond donors (Lipinski definition) is 1. The molecule has 0 saturated carbocycles. The highest BCUT2D eigenvalue weighted by molar-refractivity contribution is 6.08. The summed E-state index contributed by atoms with van der Waals surface area (Å²) in [6.07, 6.45) is 1.79. The smallest absolute Gasteiger partial charge is 0.226 e. The molecule has 2 heterocycles. The number of benzene rings is 2. The molecule has 3 aromatic rings. The van der Waals surface area contributed by atoms with E-state index >= 15 is 0 Å². The fourth-order valence-corrected chi connectivity index (χ4v) is 4.07. The Hall–Kier alpha value is -3.75. The van der Waals surface area contributed by atoms with Gasteiger partial charge in [0, 0.05) is 23.6 Å². The number of amides is 1. The fraction of sp³-hybridized carbons (Fsp3) is 0.320. The van der Waals surface area contributed by atoms with Gasteiger partial charge in [0.25, 0.3) is 0 Å². The molecule has 0 spiro atoms. The summed E-state index contributed by atoms with van der Waals surface area (Å²) in [5, 5.41) is 7.04. The molecule has 0 saturated heterocycles. The predicted octanol–water partition coefficient (Wildman–Crippen LogP) is 4.96. The first-order chi connectivity index (χ1) is 16.3. The number of carbonyl (C=O) groups is 2. The van der Waals surface area contributed by atoms with E-state index in [1.54, 1.807) is 25.1 Å². The molecule has 2 aromatic carbocycles. The first kappa shape index (κ1) is 23.4. The van der Waals surface area contributed by atoms with Crippen LogP contribution < -0.4 is 14.8 Å². The monoisotopic (exact) mass is 469 g/mol. The largest absolute Gasteiger partial charge is 0.493 e. The third kappa shape index (κ3) is 4.37. The van der Waals surface area contributed by atoms with E-state index in [9.17, 15) is 18.4 Å². The van der Waals surface area contributed by atoms with E-state index in [0.29, 0.717) is 34.9 Å². The number of carbonyl (C=O) groups excluding carboxylic acids is 2. The lowest BCUT2D eigenvalue weighted by Gasteiger charge is -2.23. The number of nitrogens with one attached hydrogen (secondary N) is 1. The molecular weight excluding hydrogens is 444 g/mol. The van der Waals surface area contributed by atoms with Crippen LogP contribution in [0.1, 0.15) is 53.7 Å². The lowest BCUT2D eigenvalue weighted by molar-refractivity contribution is -0.116. The van der Waals surface area contributed by atoms with E-state index in [0.717, 1.165) is 25.0 Å². The second-order valence-corrected chi connectivity index (χ2v) is 8.09. The number of unbranched alkanes of at least 4 members (excludes halogenated alkanes) is 1. The molecular formula is C25H25F2N3O4. The first-order valence-electron chi connectivity index (χ1n) is 11.0. The molecule has 9 heteroatoms.